The number of nitrogens with one attached hydrogen (secondary N) is 1. The predicted molar refractivity (Wildman–Crippen MR) is 69.4 cm³/mol. The van der Waals surface area contributed by atoms with Crippen molar-refractivity contribution in [3.05, 3.63) is 21.9 Å². The highest BCUT2D eigenvalue weighted by molar-refractivity contribution is 7.15. The second kappa shape index (κ2) is 4.73. The molecule has 1 N–H and O–H groups in total. The molecule has 0 spiro atoms. The second-order valence-electron chi connectivity index (χ2n) is 4.37. The Labute approximate surface area is 104 Å². The first-order valence-corrected chi connectivity index (χ1v) is 6.67. The van der Waals surface area contributed by atoms with Crippen LogP contribution in [-0.2, 0) is 6.54 Å². The molecule has 3 nitrogen and oxygen atoms in total. The van der Waals surface area contributed by atoms with Crippen molar-refractivity contribution >= 4 is 27.9 Å². The third-order valence-electron chi connectivity index (χ3n) is 2.43. The smallest absolute Gasteiger partial charge is 0.195 e. The second-order valence-corrected chi connectivity index (χ2v) is 5.56. The molecule has 0 aliphatic heterocycles. The maximum absolute atomic E-state index is 6.13. The molecule has 2 rings (SSSR count). The summed E-state index contributed by atoms with van der Waals surface area (Å²) < 4.78 is 2.13. The summed E-state index contributed by atoms with van der Waals surface area (Å²) in [6.45, 7) is 8.23. The van der Waals surface area contributed by atoms with Crippen molar-refractivity contribution in [3.8, 4) is 0 Å². The number of imidazole rings is 1. The highest BCUT2D eigenvalue weighted by Crippen LogP contribution is 2.23. The Morgan fingerprint density at radius 3 is 3.00 bits per heavy atom. The van der Waals surface area contributed by atoms with Gasteiger partial charge in [0.15, 0.2) is 10.1 Å². The van der Waals surface area contributed by atoms with Gasteiger partial charge < -0.3 is 5.32 Å². The van der Waals surface area contributed by atoms with Crippen LogP contribution < -0.4 is 5.32 Å². The zero-order valence-electron chi connectivity index (χ0n) is 9.75. The lowest BCUT2D eigenvalue weighted by Gasteiger charge is -2.07. The van der Waals surface area contributed by atoms with Crippen LogP contribution in [0.3, 0.4) is 0 Å². The summed E-state index contributed by atoms with van der Waals surface area (Å²) in [5.74, 6) is 0.644. The number of aryl methyl sites for hydroxylation is 1. The molecule has 0 saturated carbocycles. The molecule has 2 aromatic heterocycles. The zero-order chi connectivity index (χ0) is 11.7. The zero-order valence-corrected chi connectivity index (χ0v) is 11.3. The van der Waals surface area contributed by atoms with Crippen LogP contribution in [0.2, 0.25) is 5.15 Å². The fourth-order valence-electron chi connectivity index (χ4n) is 1.67. The van der Waals surface area contributed by atoms with Crippen LogP contribution in [0.15, 0.2) is 5.38 Å². The van der Waals surface area contributed by atoms with E-state index in [0.29, 0.717) is 11.1 Å². The average molecular weight is 258 g/mol. The molecule has 16 heavy (non-hydrogen) atoms. The first-order valence-electron chi connectivity index (χ1n) is 5.41. The van der Waals surface area contributed by atoms with Crippen LogP contribution in [0.4, 0.5) is 0 Å². The largest absolute Gasteiger partial charge is 0.311 e. The van der Waals surface area contributed by atoms with Gasteiger partial charge in [-0.1, -0.05) is 25.4 Å². The summed E-state index contributed by atoms with van der Waals surface area (Å²) in [6.07, 6.45) is 0. The normalized spacial score (nSPS) is 11.8. The van der Waals surface area contributed by atoms with E-state index in [1.54, 1.807) is 11.3 Å². The number of fused-ring (bicyclic) bond motifs is 1. The quantitative estimate of drug-likeness (QED) is 0.912. The first kappa shape index (κ1) is 11.9. The maximum atomic E-state index is 6.13. The van der Waals surface area contributed by atoms with Gasteiger partial charge >= 0.3 is 0 Å². The number of hydrogen-bond donors (Lipinski definition) is 1. The number of hydrogen-bond acceptors (Lipinski definition) is 3. The Kier molecular flexibility index (Phi) is 3.52. The lowest BCUT2D eigenvalue weighted by molar-refractivity contribution is 0.547. The Bertz CT molecular complexity index is 487. The fourth-order valence-corrected chi connectivity index (χ4v) is 2.84. The molecule has 0 aliphatic carbocycles. The van der Waals surface area contributed by atoms with Crippen molar-refractivity contribution in [2.75, 3.05) is 6.54 Å². The van der Waals surface area contributed by atoms with Gasteiger partial charge in [0.05, 0.1) is 5.69 Å². The molecule has 5 heteroatoms. The monoisotopic (exact) mass is 257 g/mol. The molecule has 0 saturated heterocycles. The number of thiazole rings is 1. The molecule has 0 radical (unpaired) electrons. The summed E-state index contributed by atoms with van der Waals surface area (Å²) >= 11 is 7.76. The minimum atomic E-state index is 0.617. The lowest BCUT2D eigenvalue weighted by atomic mass is 10.2. The van der Waals surface area contributed by atoms with Gasteiger partial charge in [-0.3, -0.25) is 4.40 Å². The van der Waals surface area contributed by atoms with E-state index in [0.717, 1.165) is 23.7 Å². The van der Waals surface area contributed by atoms with Gasteiger partial charge in [0, 0.05) is 17.6 Å². The van der Waals surface area contributed by atoms with Crippen LogP contribution in [0.1, 0.15) is 25.2 Å². The molecule has 0 bridgehead atoms. The molecule has 2 aromatic rings. The van der Waals surface area contributed by atoms with Crippen LogP contribution in [0.25, 0.3) is 4.96 Å². The topological polar surface area (TPSA) is 29.3 Å². The van der Waals surface area contributed by atoms with Gasteiger partial charge in [-0.2, -0.15) is 0 Å². The molecule has 0 atom stereocenters. The van der Waals surface area contributed by atoms with Gasteiger partial charge in [0.2, 0.25) is 0 Å². The number of aromatic nitrogens is 2. The Morgan fingerprint density at radius 1 is 1.56 bits per heavy atom. The molecule has 0 aliphatic rings. The standard InChI is InChI=1S/C11H16ClN3S/c1-7(2)4-13-5-9-10(12)14-11-15(9)8(3)6-16-11/h6-7,13H,4-5H2,1-3H3. The summed E-state index contributed by atoms with van der Waals surface area (Å²) in [5, 5.41) is 6.12. The minimum absolute atomic E-state index is 0.617. The number of rotatable bonds is 4. The van der Waals surface area contributed by atoms with Gasteiger partial charge in [-0.25, -0.2) is 4.98 Å². The Morgan fingerprint density at radius 2 is 2.31 bits per heavy atom. The van der Waals surface area contributed by atoms with Crippen LogP contribution in [0.5, 0.6) is 0 Å². The molecule has 0 amide bonds. The van der Waals surface area contributed by atoms with E-state index in [9.17, 15) is 0 Å². The average Bonchev–Trinajstić information content (AvgIpc) is 2.69. The summed E-state index contributed by atoms with van der Waals surface area (Å²) in [5.41, 5.74) is 2.26. The van der Waals surface area contributed by atoms with Crippen LogP contribution >= 0.6 is 22.9 Å². The van der Waals surface area contributed by atoms with E-state index in [2.05, 4.69) is 40.9 Å². The third-order valence-corrected chi connectivity index (χ3v) is 3.67. The van der Waals surface area contributed by atoms with Crippen molar-refractivity contribution in [2.45, 2.75) is 27.3 Å². The van der Waals surface area contributed by atoms with E-state index in [1.165, 1.54) is 5.69 Å². The summed E-state index contributed by atoms with van der Waals surface area (Å²) in [6, 6.07) is 0. The van der Waals surface area contributed by atoms with E-state index in [1.807, 2.05) is 0 Å². The predicted octanol–water partition coefficient (Wildman–Crippen LogP) is 3.10. The van der Waals surface area contributed by atoms with Crippen LogP contribution in [-0.4, -0.2) is 15.9 Å². The molecule has 0 fully saturated rings. The van der Waals surface area contributed by atoms with Crippen molar-refractivity contribution in [3.63, 3.8) is 0 Å². The third kappa shape index (κ3) is 2.24. The molecular weight excluding hydrogens is 242 g/mol. The highest BCUT2D eigenvalue weighted by atomic mass is 35.5. The molecule has 88 valence electrons. The minimum Gasteiger partial charge on any atom is -0.311 e. The molecule has 0 unspecified atom stereocenters. The molecule has 0 aromatic carbocycles. The first-order chi connectivity index (χ1) is 7.59. The number of halogens is 1. The van der Waals surface area contributed by atoms with Gasteiger partial charge in [0.25, 0.3) is 0 Å². The van der Waals surface area contributed by atoms with Crippen molar-refractivity contribution < 1.29 is 0 Å². The lowest BCUT2D eigenvalue weighted by Crippen LogP contribution is -2.20. The SMILES string of the molecule is Cc1csc2nc(Cl)c(CNCC(C)C)n12. The molecule has 2 heterocycles. The van der Waals surface area contributed by atoms with E-state index in [4.69, 9.17) is 11.6 Å². The Hall–Kier alpha value is -0.580. The number of nitrogens with zero attached hydrogens (tertiary/aromatic N) is 2. The van der Waals surface area contributed by atoms with E-state index in [-0.39, 0.29) is 0 Å². The van der Waals surface area contributed by atoms with Crippen molar-refractivity contribution in [1.29, 1.82) is 0 Å². The van der Waals surface area contributed by atoms with Crippen molar-refractivity contribution in [2.24, 2.45) is 5.92 Å². The van der Waals surface area contributed by atoms with Crippen LogP contribution in [0, 0.1) is 12.8 Å². The summed E-state index contributed by atoms with van der Waals surface area (Å²) in [7, 11) is 0. The van der Waals surface area contributed by atoms with Gasteiger partial charge in [-0.15, -0.1) is 11.3 Å². The highest BCUT2D eigenvalue weighted by Gasteiger charge is 2.12. The Balaban J connectivity index is 2.21. The van der Waals surface area contributed by atoms with Gasteiger partial charge in [-0.05, 0) is 19.4 Å². The fraction of sp³-hybridized carbons (Fsp3) is 0.545. The summed E-state index contributed by atoms with van der Waals surface area (Å²) in [4.78, 5) is 5.31. The van der Waals surface area contributed by atoms with E-state index >= 15 is 0 Å². The maximum Gasteiger partial charge on any atom is 0.195 e. The van der Waals surface area contributed by atoms with E-state index < -0.39 is 0 Å². The molecular formula is C11H16ClN3S. The van der Waals surface area contributed by atoms with Gasteiger partial charge in [0.1, 0.15) is 0 Å². The van der Waals surface area contributed by atoms with Crippen molar-refractivity contribution in [1.82, 2.24) is 14.7 Å².